The Morgan fingerprint density at radius 3 is 2.68 bits per heavy atom. The van der Waals surface area contributed by atoms with Gasteiger partial charge in [-0.1, -0.05) is 30.3 Å². The molecule has 1 unspecified atom stereocenters. The van der Waals surface area contributed by atoms with Crippen LogP contribution in [-0.4, -0.2) is 27.3 Å². The molecule has 2 heterocycles. The molecule has 1 fully saturated rings. The summed E-state index contributed by atoms with van der Waals surface area (Å²) in [4.78, 5) is 25.4. The van der Waals surface area contributed by atoms with E-state index in [1.165, 1.54) is 16.7 Å². The predicted molar refractivity (Wildman–Crippen MR) is 72.2 cm³/mol. The number of carbonyl (C=O) groups excluding carboxylic acids is 1. The second-order valence-corrected chi connectivity index (χ2v) is 6.05. The third kappa shape index (κ3) is 1.85. The highest BCUT2D eigenvalue weighted by Gasteiger charge is 2.54. The van der Waals surface area contributed by atoms with E-state index in [2.05, 4.69) is 0 Å². The summed E-state index contributed by atoms with van der Waals surface area (Å²) in [6.45, 7) is 1.76. The maximum atomic E-state index is 12.1. The smallest absolute Gasteiger partial charge is 0.353 e. The number of amides is 1. The molecule has 4 nitrogen and oxygen atoms in total. The van der Waals surface area contributed by atoms with Crippen LogP contribution in [-0.2, 0) is 16.0 Å². The standard InChI is InChI=1S/C14H13NO3S/c1-8-11(14(17)18)15-12(16)10(13(15)19-8)7-9-5-3-2-4-6-9/h2-6,10,13H,7H2,1H3,(H,17,18)/t10?,13-/m0/s1. The summed E-state index contributed by atoms with van der Waals surface area (Å²) in [6.07, 6.45) is 0.675. The minimum atomic E-state index is -1.01. The zero-order valence-electron chi connectivity index (χ0n) is 10.4. The quantitative estimate of drug-likeness (QED) is 0.858. The molecule has 0 aromatic heterocycles. The highest BCUT2D eigenvalue weighted by molar-refractivity contribution is 8.04. The van der Waals surface area contributed by atoms with Gasteiger partial charge in [0.05, 0.1) is 11.3 Å². The Labute approximate surface area is 115 Å². The first-order valence-corrected chi connectivity index (χ1v) is 6.95. The van der Waals surface area contributed by atoms with Crippen molar-refractivity contribution < 1.29 is 14.7 Å². The van der Waals surface area contributed by atoms with E-state index in [1.807, 2.05) is 30.3 Å². The molecule has 2 aliphatic heterocycles. The fourth-order valence-electron chi connectivity index (χ4n) is 2.61. The first kappa shape index (κ1) is 12.3. The van der Waals surface area contributed by atoms with Crippen molar-refractivity contribution in [3.8, 4) is 0 Å². The van der Waals surface area contributed by atoms with Crippen LogP contribution in [0.4, 0.5) is 0 Å². The number of β-lactam (4-membered cyclic amide) rings is 1. The Balaban J connectivity index is 1.78. The number of hydrogen-bond donors (Lipinski definition) is 1. The Hall–Kier alpha value is -1.75. The molecule has 5 heteroatoms. The molecule has 0 spiro atoms. The number of thioether (sulfide) groups is 1. The van der Waals surface area contributed by atoms with E-state index in [4.69, 9.17) is 5.11 Å². The Morgan fingerprint density at radius 2 is 2.05 bits per heavy atom. The molecule has 1 saturated heterocycles. The van der Waals surface area contributed by atoms with Crippen LogP contribution in [0, 0.1) is 5.92 Å². The molecule has 1 aromatic carbocycles. The van der Waals surface area contributed by atoms with Gasteiger partial charge in [0.1, 0.15) is 5.70 Å². The Kier molecular flexibility index (Phi) is 2.86. The molecule has 2 atom stereocenters. The highest BCUT2D eigenvalue weighted by Crippen LogP contribution is 2.49. The summed E-state index contributed by atoms with van der Waals surface area (Å²) in [5.41, 5.74) is 1.27. The molecular formula is C14H13NO3S. The molecule has 1 N–H and O–H groups in total. The third-order valence-electron chi connectivity index (χ3n) is 3.53. The fraction of sp³-hybridized carbons (Fsp3) is 0.286. The molecule has 1 aromatic rings. The third-order valence-corrected chi connectivity index (χ3v) is 4.85. The lowest BCUT2D eigenvalue weighted by Crippen LogP contribution is -2.57. The molecule has 2 aliphatic rings. The van der Waals surface area contributed by atoms with E-state index in [1.54, 1.807) is 6.92 Å². The second kappa shape index (κ2) is 4.42. The van der Waals surface area contributed by atoms with Crippen LogP contribution >= 0.6 is 11.8 Å². The molecule has 3 rings (SSSR count). The minimum Gasteiger partial charge on any atom is -0.477 e. The normalized spacial score (nSPS) is 25.3. The lowest BCUT2D eigenvalue weighted by atomic mass is 9.90. The fourth-order valence-corrected chi connectivity index (χ4v) is 3.96. The number of nitrogens with zero attached hydrogens (tertiary/aromatic N) is 1. The number of carbonyl (C=O) groups is 2. The molecular weight excluding hydrogens is 262 g/mol. The van der Waals surface area contributed by atoms with Gasteiger partial charge in [0.15, 0.2) is 0 Å². The lowest BCUT2D eigenvalue weighted by Gasteiger charge is -2.42. The van der Waals surface area contributed by atoms with Gasteiger partial charge in [-0.3, -0.25) is 9.69 Å². The molecule has 0 aliphatic carbocycles. The average Bonchev–Trinajstić information content (AvgIpc) is 2.71. The van der Waals surface area contributed by atoms with Crippen LogP contribution in [0.15, 0.2) is 40.9 Å². The van der Waals surface area contributed by atoms with E-state index in [-0.39, 0.29) is 22.9 Å². The summed E-state index contributed by atoms with van der Waals surface area (Å²) < 4.78 is 0. The van der Waals surface area contributed by atoms with Crippen LogP contribution in [0.5, 0.6) is 0 Å². The number of benzene rings is 1. The van der Waals surface area contributed by atoms with Gasteiger partial charge >= 0.3 is 5.97 Å². The molecule has 0 radical (unpaired) electrons. The Morgan fingerprint density at radius 1 is 1.37 bits per heavy atom. The van der Waals surface area contributed by atoms with Gasteiger partial charge in [-0.2, -0.15) is 0 Å². The highest BCUT2D eigenvalue weighted by atomic mass is 32.2. The van der Waals surface area contributed by atoms with Crippen molar-refractivity contribution in [2.24, 2.45) is 5.92 Å². The molecule has 1 amide bonds. The number of aliphatic carboxylic acids is 1. The number of rotatable bonds is 3. The van der Waals surface area contributed by atoms with Crippen LogP contribution < -0.4 is 0 Å². The van der Waals surface area contributed by atoms with Crippen LogP contribution in [0.25, 0.3) is 0 Å². The van der Waals surface area contributed by atoms with Gasteiger partial charge in [-0.25, -0.2) is 4.79 Å². The maximum absolute atomic E-state index is 12.1. The average molecular weight is 275 g/mol. The van der Waals surface area contributed by atoms with Gasteiger partial charge in [0.25, 0.3) is 0 Å². The van der Waals surface area contributed by atoms with Crippen molar-refractivity contribution in [3.63, 3.8) is 0 Å². The summed E-state index contributed by atoms with van der Waals surface area (Å²) >= 11 is 1.49. The molecule has 19 heavy (non-hydrogen) atoms. The van der Waals surface area contributed by atoms with Gasteiger partial charge in [-0.15, -0.1) is 11.8 Å². The van der Waals surface area contributed by atoms with Crippen molar-refractivity contribution in [1.29, 1.82) is 0 Å². The van der Waals surface area contributed by atoms with Crippen LogP contribution in [0.3, 0.4) is 0 Å². The van der Waals surface area contributed by atoms with Crippen LogP contribution in [0.2, 0.25) is 0 Å². The van der Waals surface area contributed by atoms with E-state index in [0.717, 1.165) is 10.5 Å². The van der Waals surface area contributed by atoms with Gasteiger partial charge in [0, 0.05) is 4.91 Å². The van der Waals surface area contributed by atoms with Crippen molar-refractivity contribution in [1.82, 2.24) is 4.90 Å². The zero-order chi connectivity index (χ0) is 13.6. The van der Waals surface area contributed by atoms with Gasteiger partial charge in [0.2, 0.25) is 5.91 Å². The van der Waals surface area contributed by atoms with Crippen molar-refractivity contribution in [2.75, 3.05) is 0 Å². The number of allylic oxidation sites excluding steroid dienone is 1. The topological polar surface area (TPSA) is 57.6 Å². The lowest BCUT2D eigenvalue weighted by molar-refractivity contribution is -0.151. The first-order valence-electron chi connectivity index (χ1n) is 6.07. The zero-order valence-corrected chi connectivity index (χ0v) is 11.2. The van der Waals surface area contributed by atoms with E-state index >= 15 is 0 Å². The number of carboxylic acid groups (broad SMARTS) is 1. The molecule has 0 bridgehead atoms. The largest absolute Gasteiger partial charge is 0.477 e. The summed E-state index contributed by atoms with van der Waals surface area (Å²) in [7, 11) is 0. The van der Waals surface area contributed by atoms with Crippen LogP contribution in [0.1, 0.15) is 12.5 Å². The predicted octanol–water partition coefficient (Wildman–Crippen LogP) is 2.08. The molecule has 98 valence electrons. The van der Waals surface area contributed by atoms with Gasteiger partial charge < -0.3 is 5.11 Å². The van der Waals surface area contributed by atoms with E-state index < -0.39 is 5.97 Å². The van der Waals surface area contributed by atoms with Crippen molar-refractivity contribution in [3.05, 3.63) is 46.5 Å². The Bertz CT molecular complexity index is 582. The maximum Gasteiger partial charge on any atom is 0.353 e. The summed E-state index contributed by atoms with van der Waals surface area (Å²) in [6, 6.07) is 9.83. The second-order valence-electron chi connectivity index (χ2n) is 4.72. The summed E-state index contributed by atoms with van der Waals surface area (Å²) in [5, 5.41) is 9.09. The number of fused-ring (bicyclic) bond motifs is 1. The number of carboxylic acids is 1. The minimum absolute atomic E-state index is 0.0428. The number of hydrogen-bond acceptors (Lipinski definition) is 3. The van der Waals surface area contributed by atoms with Crippen molar-refractivity contribution in [2.45, 2.75) is 18.7 Å². The van der Waals surface area contributed by atoms with E-state index in [0.29, 0.717) is 6.42 Å². The SMILES string of the molecule is CC1=C(C(=O)O)N2C(=O)C(Cc3ccccc3)[C@@H]2S1. The van der Waals surface area contributed by atoms with E-state index in [9.17, 15) is 9.59 Å². The molecule has 0 saturated carbocycles. The first-order chi connectivity index (χ1) is 9.09. The van der Waals surface area contributed by atoms with Gasteiger partial charge in [-0.05, 0) is 18.9 Å². The summed E-state index contributed by atoms with van der Waals surface area (Å²) in [5.74, 6) is -1.20. The van der Waals surface area contributed by atoms with Crippen molar-refractivity contribution >= 4 is 23.6 Å². The monoisotopic (exact) mass is 275 g/mol.